The molecular formula is C12H20N2O5. The van der Waals surface area contributed by atoms with E-state index in [0.717, 1.165) is 0 Å². The molecule has 108 valence electrons. The minimum atomic E-state index is -0.794. The summed E-state index contributed by atoms with van der Waals surface area (Å²) in [5.41, 5.74) is -0.794. The summed E-state index contributed by atoms with van der Waals surface area (Å²) in [7, 11) is 0. The lowest BCUT2D eigenvalue weighted by atomic mass is 9.88. The van der Waals surface area contributed by atoms with Gasteiger partial charge in [-0.05, 0) is 13.8 Å². The molecule has 3 fully saturated rings. The summed E-state index contributed by atoms with van der Waals surface area (Å²) in [6.45, 7) is 5.43. The van der Waals surface area contributed by atoms with Crippen LogP contribution in [0, 0.1) is 0 Å². The minimum Gasteiger partial charge on any atom is -0.393 e. The molecule has 3 rings (SSSR count). The molecule has 3 saturated heterocycles. The first kappa shape index (κ1) is 13.3. The second kappa shape index (κ2) is 4.13. The Morgan fingerprint density at radius 2 is 2.16 bits per heavy atom. The van der Waals surface area contributed by atoms with Gasteiger partial charge in [0.15, 0.2) is 5.79 Å². The molecule has 0 aromatic carbocycles. The smallest absolute Gasteiger partial charge is 0.217 e. The van der Waals surface area contributed by atoms with Gasteiger partial charge in [0.1, 0.15) is 24.0 Å². The summed E-state index contributed by atoms with van der Waals surface area (Å²) >= 11 is 0. The van der Waals surface area contributed by atoms with Crippen molar-refractivity contribution in [2.45, 2.75) is 56.6 Å². The number of aliphatic hydroxyl groups excluding tert-OH is 1. The van der Waals surface area contributed by atoms with Crippen LogP contribution in [-0.2, 0) is 19.0 Å². The highest BCUT2D eigenvalue weighted by atomic mass is 16.8. The number of fused-ring (bicyclic) bond motifs is 4. The summed E-state index contributed by atoms with van der Waals surface area (Å²) in [4.78, 5) is 11.3. The number of hydrogen-bond donors (Lipinski definition) is 3. The monoisotopic (exact) mass is 272 g/mol. The first-order valence-corrected chi connectivity index (χ1v) is 6.52. The van der Waals surface area contributed by atoms with E-state index >= 15 is 0 Å². The topological polar surface area (TPSA) is 89.1 Å². The quantitative estimate of drug-likeness (QED) is 0.579. The zero-order chi connectivity index (χ0) is 13.8. The third-order valence-electron chi connectivity index (χ3n) is 3.93. The molecule has 19 heavy (non-hydrogen) atoms. The third kappa shape index (κ3) is 1.96. The Bertz CT molecular complexity index is 402. The van der Waals surface area contributed by atoms with E-state index in [1.54, 1.807) is 0 Å². The number of carbonyl (C=O) groups excluding carboxylic acids is 1. The van der Waals surface area contributed by atoms with E-state index in [9.17, 15) is 9.90 Å². The van der Waals surface area contributed by atoms with Crippen LogP contribution in [0.2, 0.25) is 0 Å². The van der Waals surface area contributed by atoms with E-state index < -0.39 is 17.5 Å². The van der Waals surface area contributed by atoms with Crippen molar-refractivity contribution in [1.82, 2.24) is 10.6 Å². The van der Waals surface area contributed by atoms with E-state index in [1.807, 2.05) is 13.8 Å². The van der Waals surface area contributed by atoms with Crippen LogP contribution in [-0.4, -0.2) is 60.0 Å². The molecule has 0 aromatic rings. The number of ether oxygens (including phenoxy) is 3. The molecule has 2 bridgehead atoms. The molecule has 0 aromatic heterocycles. The summed E-state index contributed by atoms with van der Waals surface area (Å²) in [5, 5.41) is 15.7. The van der Waals surface area contributed by atoms with Crippen molar-refractivity contribution in [3.63, 3.8) is 0 Å². The predicted octanol–water partition coefficient (Wildman–Crippen LogP) is -1.30. The lowest BCUT2D eigenvalue weighted by molar-refractivity contribution is -0.195. The van der Waals surface area contributed by atoms with Crippen LogP contribution >= 0.6 is 0 Å². The van der Waals surface area contributed by atoms with Crippen LogP contribution in [0.1, 0.15) is 20.8 Å². The molecule has 0 saturated carbocycles. The fourth-order valence-corrected chi connectivity index (χ4v) is 3.18. The summed E-state index contributed by atoms with van der Waals surface area (Å²) < 4.78 is 17.7. The fraction of sp³-hybridized carbons (Fsp3) is 0.917. The average molecular weight is 272 g/mol. The van der Waals surface area contributed by atoms with Crippen molar-refractivity contribution in [3.8, 4) is 0 Å². The normalized spacial score (nSPS) is 46.9. The minimum absolute atomic E-state index is 0.147. The zero-order valence-electron chi connectivity index (χ0n) is 11.3. The molecular weight excluding hydrogens is 252 g/mol. The van der Waals surface area contributed by atoms with E-state index in [1.165, 1.54) is 6.92 Å². The van der Waals surface area contributed by atoms with Gasteiger partial charge < -0.3 is 24.6 Å². The van der Waals surface area contributed by atoms with Crippen LogP contribution in [0.15, 0.2) is 0 Å². The standard InChI is InChI=1S/C12H20N2O5/c1-6(16)14-7-8-9(18-11(2,3)17-8)12(5-15)4-13-10(7)19-12/h7-10,13,15H,4-5H2,1-3H3,(H,14,16)/t7-,8-,9-,10?,12?/m1/s1. The van der Waals surface area contributed by atoms with Crippen molar-refractivity contribution in [2.75, 3.05) is 13.2 Å². The largest absolute Gasteiger partial charge is 0.393 e. The maximum absolute atomic E-state index is 11.3. The summed E-state index contributed by atoms with van der Waals surface area (Å²) in [5.74, 6) is -0.895. The summed E-state index contributed by atoms with van der Waals surface area (Å²) in [6, 6.07) is -0.327. The molecule has 3 N–H and O–H groups in total. The number of hydrogen-bond acceptors (Lipinski definition) is 6. The van der Waals surface area contributed by atoms with Gasteiger partial charge in [0, 0.05) is 13.5 Å². The van der Waals surface area contributed by atoms with Crippen LogP contribution in [0.5, 0.6) is 0 Å². The maximum atomic E-state index is 11.3. The second-order valence-electron chi connectivity index (χ2n) is 5.89. The van der Waals surface area contributed by atoms with Crippen LogP contribution in [0.4, 0.5) is 0 Å². The summed E-state index contributed by atoms with van der Waals surface area (Å²) in [6.07, 6.45) is -1.11. The molecule has 7 nitrogen and oxygen atoms in total. The Morgan fingerprint density at radius 3 is 2.79 bits per heavy atom. The number of nitrogens with one attached hydrogen (secondary N) is 2. The fourth-order valence-electron chi connectivity index (χ4n) is 3.18. The molecule has 3 aliphatic heterocycles. The third-order valence-corrected chi connectivity index (χ3v) is 3.93. The number of aliphatic hydroxyl groups is 1. The number of carbonyl (C=O) groups is 1. The van der Waals surface area contributed by atoms with E-state index in [0.29, 0.717) is 6.54 Å². The Labute approximate surface area is 111 Å². The highest BCUT2D eigenvalue weighted by Crippen LogP contribution is 2.44. The van der Waals surface area contributed by atoms with Gasteiger partial charge in [0.2, 0.25) is 5.91 Å². The molecule has 3 heterocycles. The van der Waals surface area contributed by atoms with Gasteiger partial charge in [0.25, 0.3) is 0 Å². The lowest BCUT2D eigenvalue weighted by Crippen LogP contribution is -2.65. The van der Waals surface area contributed by atoms with Gasteiger partial charge in [-0.3, -0.25) is 10.1 Å². The van der Waals surface area contributed by atoms with Crippen LogP contribution < -0.4 is 10.6 Å². The number of rotatable bonds is 2. The Morgan fingerprint density at radius 1 is 1.42 bits per heavy atom. The van der Waals surface area contributed by atoms with Gasteiger partial charge in [-0.2, -0.15) is 0 Å². The van der Waals surface area contributed by atoms with E-state index in [2.05, 4.69) is 10.6 Å². The van der Waals surface area contributed by atoms with Gasteiger partial charge in [0.05, 0.1) is 12.6 Å². The second-order valence-corrected chi connectivity index (χ2v) is 5.89. The molecule has 3 aliphatic rings. The first-order chi connectivity index (χ1) is 8.87. The molecule has 1 amide bonds. The highest BCUT2D eigenvalue weighted by Gasteiger charge is 2.64. The molecule has 0 aliphatic carbocycles. The van der Waals surface area contributed by atoms with Crippen molar-refractivity contribution in [2.24, 2.45) is 0 Å². The lowest BCUT2D eigenvalue weighted by Gasteiger charge is -2.42. The Hall–Kier alpha value is -0.730. The molecule has 0 radical (unpaired) electrons. The molecule has 7 heteroatoms. The number of amides is 1. The van der Waals surface area contributed by atoms with Crippen LogP contribution in [0.25, 0.3) is 0 Å². The van der Waals surface area contributed by atoms with E-state index in [-0.39, 0.29) is 30.9 Å². The van der Waals surface area contributed by atoms with E-state index in [4.69, 9.17) is 14.2 Å². The van der Waals surface area contributed by atoms with Gasteiger partial charge >= 0.3 is 0 Å². The molecule has 2 unspecified atom stereocenters. The average Bonchev–Trinajstić information content (AvgIpc) is 2.85. The Balaban J connectivity index is 1.92. The van der Waals surface area contributed by atoms with Crippen molar-refractivity contribution in [1.29, 1.82) is 0 Å². The van der Waals surface area contributed by atoms with Crippen molar-refractivity contribution in [3.05, 3.63) is 0 Å². The zero-order valence-corrected chi connectivity index (χ0v) is 11.3. The highest BCUT2D eigenvalue weighted by molar-refractivity contribution is 5.73. The van der Waals surface area contributed by atoms with Gasteiger partial charge in [-0.15, -0.1) is 0 Å². The van der Waals surface area contributed by atoms with Crippen molar-refractivity contribution < 1.29 is 24.1 Å². The van der Waals surface area contributed by atoms with Gasteiger partial charge in [-0.25, -0.2) is 0 Å². The predicted molar refractivity (Wildman–Crippen MR) is 64.1 cm³/mol. The molecule has 5 atom stereocenters. The SMILES string of the molecule is CC(=O)N[C@H]1C2NCC(CO)(O2)[C@@H]2OC(C)(C)O[C@@H]21. The van der Waals surface area contributed by atoms with Gasteiger partial charge in [-0.1, -0.05) is 0 Å². The van der Waals surface area contributed by atoms with Crippen LogP contribution in [0.3, 0.4) is 0 Å². The maximum Gasteiger partial charge on any atom is 0.217 e. The van der Waals surface area contributed by atoms with Crippen molar-refractivity contribution >= 4 is 5.91 Å². The molecule has 0 spiro atoms. The first-order valence-electron chi connectivity index (χ1n) is 6.52. The Kier molecular flexibility index (Phi) is 2.88.